The summed E-state index contributed by atoms with van der Waals surface area (Å²) in [7, 11) is 0. The van der Waals surface area contributed by atoms with Crippen LogP contribution in [-0.2, 0) is 19.1 Å². The highest BCUT2D eigenvalue weighted by Crippen LogP contribution is 2.25. The van der Waals surface area contributed by atoms with Gasteiger partial charge < -0.3 is 15.4 Å². The lowest BCUT2D eigenvalue weighted by Gasteiger charge is -2.22. The number of anilines is 1. The highest BCUT2D eigenvalue weighted by atomic mass is 16.5. The number of nitrogens with one attached hydrogen (secondary N) is 2. The second-order valence-corrected chi connectivity index (χ2v) is 6.95. The number of aryl methyl sites for hydroxylation is 2. The molecule has 6 heteroatoms. The molecule has 2 N–H and O–H groups in total. The van der Waals surface area contributed by atoms with Crippen LogP contribution in [0.5, 0.6) is 0 Å². The maximum Gasteiger partial charge on any atom is 0.309 e. The van der Waals surface area contributed by atoms with Gasteiger partial charge in [-0.1, -0.05) is 37.5 Å². The summed E-state index contributed by atoms with van der Waals surface area (Å²) in [5, 5.41) is 5.33. The van der Waals surface area contributed by atoms with Gasteiger partial charge in [0.15, 0.2) is 6.10 Å². The smallest absolute Gasteiger partial charge is 0.309 e. The van der Waals surface area contributed by atoms with Gasteiger partial charge in [-0.15, -0.1) is 0 Å². The fourth-order valence-corrected chi connectivity index (χ4v) is 3.17. The Morgan fingerprint density at radius 2 is 1.73 bits per heavy atom. The number of rotatable bonds is 6. The van der Waals surface area contributed by atoms with Crippen LogP contribution in [0.1, 0.15) is 50.2 Å². The SMILES string of the molecule is Cc1cccc(C)c1NC(=O)CNC(=O)[C@@H](C)OC(=O)C1CCCCC1. The Balaban J connectivity index is 1.78. The quantitative estimate of drug-likeness (QED) is 0.764. The lowest BCUT2D eigenvalue weighted by molar-refractivity contribution is -0.159. The molecular formula is C20H28N2O4. The molecule has 1 aliphatic carbocycles. The first-order valence-corrected chi connectivity index (χ1v) is 9.22. The van der Waals surface area contributed by atoms with E-state index < -0.39 is 12.0 Å². The minimum Gasteiger partial charge on any atom is -0.452 e. The summed E-state index contributed by atoms with van der Waals surface area (Å²) in [5.74, 6) is -1.20. The first kappa shape index (κ1) is 19.9. The molecular weight excluding hydrogens is 332 g/mol. The predicted octanol–water partition coefficient (Wildman–Crippen LogP) is 2.87. The maximum atomic E-state index is 12.1. The molecule has 0 saturated heterocycles. The molecule has 0 heterocycles. The summed E-state index contributed by atoms with van der Waals surface area (Å²) < 4.78 is 5.26. The van der Waals surface area contributed by atoms with Gasteiger partial charge in [-0.2, -0.15) is 0 Å². The molecule has 0 aromatic heterocycles. The number of carbonyl (C=O) groups is 3. The lowest BCUT2D eigenvalue weighted by Crippen LogP contribution is -2.41. The highest BCUT2D eigenvalue weighted by molar-refractivity contribution is 5.96. The summed E-state index contributed by atoms with van der Waals surface area (Å²) in [6.07, 6.45) is 3.95. The fourth-order valence-electron chi connectivity index (χ4n) is 3.17. The van der Waals surface area contributed by atoms with E-state index in [1.165, 1.54) is 6.92 Å². The van der Waals surface area contributed by atoms with Crippen molar-refractivity contribution >= 4 is 23.5 Å². The fraction of sp³-hybridized carbons (Fsp3) is 0.550. The molecule has 0 bridgehead atoms. The number of ether oxygens (including phenoxy) is 1. The van der Waals surface area contributed by atoms with Crippen molar-refractivity contribution in [2.24, 2.45) is 5.92 Å². The number of hydrogen-bond donors (Lipinski definition) is 2. The van der Waals surface area contributed by atoms with E-state index in [0.29, 0.717) is 0 Å². The Morgan fingerprint density at radius 3 is 2.35 bits per heavy atom. The second-order valence-electron chi connectivity index (χ2n) is 6.95. The van der Waals surface area contributed by atoms with E-state index in [2.05, 4.69) is 10.6 Å². The molecule has 6 nitrogen and oxygen atoms in total. The summed E-state index contributed by atoms with van der Waals surface area (Å²) >= 11 is 0. The number of hydrogen-bond acceptors (Lipinski definition) is 4. The third-order valence-corrected chi connectivity index (χ3v) is 4.77. The Hall–Kier alpha value is -2.37. The summed E-state index contributed by atoms with van der Waals surface area (Å²) in [6.45, 7) is 5.18. The molecule has 0 spiro atoms. The van der Waals surface area contributed by atoms with E-state index >= 15 is 0 Å². The molecule has 2 rings (SSSR count). The van der Waals surface area contributed by atoms with Gasteiger partial charge in [-0.25, -0.2) is 0 Å². The zero-order chi connectivity index (χ0) is 19.1. The molecule has 1 atom stereocenters. The molecule has 0 aliphatic heterocycles. The molecule has 0 unspecified atom stereocenters. The molecule has 1 aromatic carbocycles. The van der Waals surface area contributed by atoms with Gasteiger partial charge in [-0.3, -0.25) is 14.4 Å². The van der Waals surface area contributed by atoms with E-state index in [-0.39, 0.29) is 24.3 Å². The topological polar surface area (TPSA) is 84.5 Å². The third-order valence-electron chi connectivity index (χ3n) is 4.77. The molecule has 26 heavy (non-hydrogen) atoms. The van der Waals surface area contributed by atoms with E-state index in [1.54, 1.807) is 0 Å². The van der Waals surface area contributed by atoms with Gasteiger partial charge in [-0.05, 0) is 44.7 Å². The molecule has 1 fully saturated rings. The zero-order valence-corrected chi connectivity index (χ0v) is 15.8. The monoisotopic (exact) mass is 360 g/mol. The number of amides is 2. The van der Waals surface area contributed by atoms with E-state index in [9.17, 15) is 14.4 Å². The number of para-hydroxylation sites is 1. The van der Waals surface area contributed by atoms with E-state index in [0.717, 1.165) is 48.9 Å². The van der Waals surface area contributed by atoms with Crippen LogP contribution in [0.15, 0.2) is 18.2 Å². The van der Waals surface area contributed by atoms with Crippen LogP contribution >= 0.6 is 0 Å². The van der Waals surface area contributed by atoms with Crippen molar-refractivity contribution < 1.29 is 19.1 Å². The molecule has 1 aliphatic rings. The van der Waals surface area contributed by atoms with E-state index in [1.807, 2.05) is 32.0 Å². The van der Waals surface area contributed by atoms with Crippen LogP contribution in [0.25, 0.3) is 0 Å². The van der Waals surface area contributed by atoms with Gasteiger partial charge in [0.2, 0.25) is 5.91 Å². The summed E-state index contributed by atoms with van der Waals surface area (Å²) in [4.78, 5) is 36.2. The molecule has 1 saturated carbocycles. The molecule has 2 amide bonds. The van der Waals surface area contributed by atoms with Crippen molar-refractivity contribution in [2.75, 3.05) is 11.9 Å². The number of carbonyl (C=O) groups excluding carboxylic acids is 3. The zero-order valence-electron chi connectivity index (χ0n) is 15.8. The standard InChI is InChI=1S/C20H28N2O4/c1-13-8-7-9-14(2)18(13)22-17(23)12-21-19(24)15(3)26-20(25)16-10-5-4-6-11-16/h7-9,15-16H,4-6,10-12H2,1-3H3,(H,21,24)(H,22,23)/t15-/m1/s1. The minimum absolute atomic E-state index is 0.105. The Labute approximate surface area is 154 Å². The average Bonchev–Trinajstić information content (AvgIpc) is 2.63. The van der Waals surface area contributed by atoms with Gasteiger partial charge in [0.25, 0.3) is 5.91 Å². The van der Waals surface area contributed by atoms with Crippen molar-refractivity contribution in [3.05, 3.63) is 29.3 Å². The Kier molecular flexibility index (Phi) is 7.18. The minimum atomic E-state index is -0.905. The summed E-state index contributed by atoms with van der Waals surface area (Å²) in [6, 6.07) is 5.74. The number of benzene rings is 1. The first-order valence-electron chi connectivity index (χ1n) is 9.22. The molecule has 0 radical (unpaired) electrons. The van der Waals surface area contributed by atoms with Crippen LogP contribution in [0, 0.1) is 19.8 Å². The van der Waals surface area contributed by atoms with Gasteiger partial charge in [0.1, 0.15) is 0 Å². The van der Waals surface area contributed by atoms with Crippen LogP contribution < -0.4 is 10.6 Å². The number of esters is 1. The van der Waals surface area contributed by atoms with Crippen molar-refractivity contribution in [1.82, 2.24) is 5.32 Å². The highest BCUT2D eigenvalue weighted by Gasteiger charge is 2.26. The van der Waals surface area contributed by atoms with Crippen LogP contribution in [-0.4, -0.2) is 30.4 Å². The Morgan fingerprint density at radius 1 is 1.12 bits per heavy atom. The van der Waals surface area contributed by atoms with Crippen molar-refractivity contribution in [3.8, 4) is 0 Å². The van der Waals surface area contributed by atoms with Crippen molar-refractivity contribution in [3.63, 3.8) is 0 Å². The van der Waals surface area contributed by atoms with Gasteiger partial charge in [0, 0.05) is 5.69 Å². The average molecular weight is 360 g/mol. The summed E-state index contributed by atoms with van der Waals surface area (Å²) in [5.41, 5.74) is 2.67. The Bertz CT molecular complexity index is 646. The van der Waals surface area contributed by atoms with Crippen molar-refractivity contribution in [1.29, 1.82) is 0 Å². The van der Waals surface area contributed by atoms with Gasteiger partial charge in [0.05, 0.1) is 12.5 Å². The van der Waals surface area contributed by atoms with Gasteiger partial charge >= 0.3 is 5.97 Å². The third kappa shape index (κ3) is 5.58. The molecule has 1 aromatic rings. The second kappa shape index (κ2) is 9.36. The lowest BCUT2D eigenvalue weighted by atomic mass is 9.89. The first-order chi connectivity index (χ1) is 12.4. The van der Waals surface area contributed by atoms with Crippen LogP contribution in [0.2, 0.25) is 0 Å². The van der Waals surface area contributed by atoms with Crippen LogP contribution in [0.4, 0.5) is 5.69 Å². The van der Waals surface area contributed by atoms with E-state index in [4.69, 9.17) is 4.74 Å². The van der Waals surface area contributed by atoms with Crippen LogP contribution in [0.3, 0.4) is 0 Å². The van der Waals surface area contributed by atoms with Crippen molar-refractivity contribution in [2.45, 2.75) is 59.0 Å². The normalized spacial score (nSPS) is 15.8. The molecule has 142 valence electrons. The maximum absolute atomic E-state index is 12.1. The largest absolute Gasteiger partial charge is 0.452 e. The predicted molar refractivity (Wildman–Crippen MR) is 99.7 cm³/mol.